The number of hydrogen-bond donors (Lipinski definition) is 1. The van der Waals surface area contributed by atoms with E-state index >= 15 is 0 Å². The monoisotopic (exact) mass is 306 g/mol. The van der Waals surface area contributed by atoms with Crippen molar-refractivity contribution in [2.24, 2.45) is 11.8 Å². The number of carboxylic acid groups (broad SMARTS) is 1. The fourth-order valence-corrected chi connectivity index (χ4v) is 4.49. The van der Waals surface area contributed by atoms with Gasteiger partial charge in [-0.05, 0) is 25.9 Å². The highest BCUT2D eigenvalue weighted by molar-refractivity contribution is 5.90. The molecule has 6 nitrogen and oxygen atoms in total. The van der Waals surface area contributed by atoms with Crippen molar-refractivity contribution in [3.05, 3.63) is 12.2 Å². The second-order valence-electron chi connectivity index (χ2n) is 6.90. The van der Waals surface area contributed by atoms with E-state index in [0.717, 1.165) is 19.6 Å². The molecule has 3 saturated heterocycles. The zero-order chi connectivity index (χ0) is 15.3. The standard InChI is InChI=1S/C16H22N2O4/c19-14-13-12(15(20)21)11-4-5-16(13,22-11)10-18(14)9-8-17-6-2-1-3-7-17/h4-5,11-13H,1-3,6-10H2,(H,20,21). The summed E-state index contributed by atoms with van der Waals surface area (Å²) in [7, 11) is 0. The second-order valence-corrected chi connectivity index (χ2v) is 6.90. The maximum absolute atomic E-state index is 12.7. The van der Waals surface area contributed by atoms with Gasteiger partial charge in [0, 0.05) is 13.1 Å². The Kier molecular flexibility index (Phi) is 3.27. The Morgan fingerprint density at radius 1 is 1.32 bits per heavy atom. The number of likely N-dealkylation sites (tertiary alicyclic amines) is 2. The summed E-state index contributed by atoms with van der Waals surface area (Å²) in [6, 6.07) is 0. The van der Waals surface area contributed by atoms with Crippen molar-refractivity contribution in [3.63, 3.8) is 0 Å². The highest BCUT2D eigenvalue weighted by atomic mass is 16.5. The van der Waals surface area contributed by atoms with Crippen LogP contribution in [0.15, 0.2) is 12.2 Å². The molecule has 6 heteroatoms. The minimum Gasteiger partial charge on any atom is -0.481 e. The molecule has 4 atom stereocenters. The maximum atomic E-state index is 12.7. The van der Waals surface area contributed by atoms with Gasteiger partial charge in [-0.3, -0.25) is 9.59 Å². The smallest absolute Gasteiger partial charge is 0.310 e. The Labute approximate surface area is 129 Å². The molecule has 0 aliphatic carbocycles. The molecule has 22 heavy (non-hydrogen) atoms. The van der Waals surface area contributed by atoms with Gasteiger partial charge in [0.25, 0.3) is 0 Å². The largest absolute Gasteiger partial charge is 0.481 e. The van der Waals surface area contributed by atoms with E-state index in [9.17, 15) is 14.7 Å². The Hall–Kier alpha value is -1.40. The third-order valence-corrected chi connectivity index (χ3v) is 5.60. The van der Waals surface area contributed by atoms with Crippen molar-refractivity contribution in [1.82, 2.24) is 9.80 Å². The van der Waals surface area contributed by atoms with Crippen LogP contribution in [0.25, 0.3) is 0 Å². The highest BCUT2D eigenvalue weighted by Crippen LogP contribution is 2.51. The molecule has 1 amide bonds. The van der Waals surface area contributed by atoms with E-state index in [2.05, 4.69) is 4.90 Å². The van der Waals surface area contributed by atoms with Crippen molar-refractivity contribution in [2.45, 2.75) is 31.0 Å². The first-order valence-corrected chi connectivity index (χ1v) is 8.22. The van der Waals surface area contributed by atoms with E-state index in [-0.39, 0.29) is 5.91 Å². The summed E-state index contributed by atoms with van der Waals surface area (Å²) >= 11 is 0. The van der Waals surface area contributed by atoms with Crippen molar-refractivity contribution in [2.75, 3.05) is 32.7 Å². The molecule has 4 unspecified atom stereocenters. The molecular formula is C16H22N2O4. The van der Waals surface area contributed by atoms with E-state index in [4.69, 9.17) is 4.74 Å². The van der Waals surface area contributed by atoms with Crippen LogP contribution in [0.5, 0.6) is 0 Å². The predicted molar refractivity (Wildman–Crippen MR) is 78.2 cm³/mol. The minimum absolute atomic E-state index is 0.0451. The molecule has 3 fully saturated rings. The number of piperidine rings is 1. The fourth-order valence-electron chi connectivity index (χ4n) is 4.49. The Balaban J connectivity index is 1.45. The van der Waals surface area contributed by atoms with Crippen LogP contribution in [0.1, 0.15) is 19.3 Å². The summed E-state index contributed by atoms with van der Waals surface area (Å²) in [4.78, 5) is 28.4. The number of nitrogens with zero attached hydrogens (tertiary/aromatic N) is 2. The molecule has 0 aromatic heterocycles. The van der Waals surface area contributed by atoms with Gasteiger partial charge in [-0.25, -0.2) is 0 Å². The fraction of sp³-hybridized carbons (Fsp3) is 0.750. The number of hydrogen-bond acceptors (Lipinski definition) is 4. The van der Waals surface area contributed by atoms with Gasteiger partial charge in [-0.2, -0.15) is 0 Å². The SMILES string of the molecule is O=C(O)C1C2C=CC3(CN(CCN4CCCCC4)C(=O)C13)O2. The topological polar surface area (TPSA) is 70.1 Å². The molecule has 4 aliphatic rings. The van der Waals surface area contributed by atoms with Gasteiger partial charge in [0.2, 0.25) is 5.91 Å². The van der Waals surface area contributed by atoms with Crippen molar-refractivity contribution < 1.29 is 19.4 Å². The number of carbonyl (C=O) groups excluding carboxylic acids is 1. The first kappa shape index (κ1) is 14.2. The van der Waals surface area contributed by atoms with Gasteiger partial charge in [-0.15, -0.1) is 0 Å². The lowest BCUT2D eigenvalue weighted by atomic mass is 9.77. The van der Waals surface area contributed by atoms with Crippen LogP contribution in [0.2, 0.25) is 0 Å². The number of carboxylic acids is 1. The average Bonchev–Trinajstić information content (AvgIpc) is 3.14. The van der Waals surface area contributed by atoms with Gasteiger partial charge in [-0.1, -0.05) is 18.6 Å². The van der Waals surface area contributed by atoms with E-state index < -0.39 is 29.5 Å². The van der Waals surface area contributed by atoms with Crippen LogP contribution >= 0.6 is 0 Å². The van der Waals surface area contributed by atoms with Crippen LogP contribution in [0.4, 0.5) is 0 Å². The number of fused-ring (bicyclic) bond motifs is 1. The van der Waals surface area contributed by atoms with E-state index in [1.165, 1.54) is 19.3 Å². The molecule has 0 aromatic rings. The predicted octanol–water partition coefficient (Wildman–Crippen LogP) is 0.339. The molecule has 4 rings (SSSR count). The Bertz CT molecular complexity index is 528. The summed E-state index contributed by atoms with van der Waals surface area (Å²) in [5, 5.41) is 9.42. The number of aliphatic carboxylic acids is 1. The van der Waals surface area contributed by atoms with Gasteiger partial charge < -0.3 is 19.6 Å². The lowest BCUT2D eigenvalue weighted by Crippen LogP contribution is -2.41. The van der Waals surface area contributed by atoms with Crippen LogP contribution in [-0.2, 0) is 14.3 Å². The molecule has 4 heterocycles. The molecule has 4 aliphatic heterocycles. The lowest BCUT2D eigenvalue weighted by molar-refractivity contribution is -0.148. The minimum atomic E-state index is -0.924. The lowest BCUT2D eigenvalue weighted by Gasteiger charge is -2.29. The number of carbonyl (C=O) groups is 2. The van der Waals surface area contributed by atoms with E-state index in [0.29, 0.717) is 13.1 Å². The zero-order valence-corrected chi connectivity index (χ0v) is 12.6. The normalized spacial score (nSPS) is 40.5. The molecule has 0 aromatic carbocycles. The number of rotatable bonds is 4. The van der Waals surface area contributed by atoms with Crippen molar-refractivity contribution >= 4 is 11.9 Å². The molecule has 0 radical (unpaired) electrons. The molecule has 0 saturated carbocycles. The Morgan fingerprint density at radius 3 is 2.82 bits per heavy atom. The summed E-state index contributed by atoms with van der Waals surface area (Å²) < 4.78 is 5.88. The molecule has 120 valence electrons. The molecule has 2 bridgehead atoms. The summed E-state index contributed by atoms with van der Waals surface area (Å²) in [5.41, 5.74) is -0.688. The van der Waals surface area contributed by atoms with Crippen LogP contribution in [0, 0.1) is 11.8 Å². The Morgan fingerprint density at radius 2 is 2.09 bits per heavy atom. The second kappa shape index (κ2) is 5.06. The quantitative estimate of drug-likeness (QED) is 0.759. The highest BCUT2D eigenvalue weighted by Gasteiger charge is 2.66. The molecular weight excluding hydrogens is 284 g/mol. The first-order chi connectivity index (χ1) is 10.6. The number of ether oxygens (including phenoxy) is 1. The van der Waals surface area contributed by atoms with E-state index in [1.54, 1.807) is 4.90 Å². The molecule has 1 spiro atoms. The van der Waals surface area contributed by atoms with Crippen LogP contribution in [-0.4, -0.2) is 71.2 Å². The number of amides is 1. The summed E-state index contributed by atoms with van der Waals surface area (Å²) in [6.45, 7) is 4.26. The van der Waals surface area contributed by atoms with E-state index in [1.807, 2.05) is 12.2 Å². The van der Waals surface area contributed by atoms with Crippen LogP contribution in [0.3, 0.4) is 0 Å². The van der Waals surface area contributed by atoms with Gasteiger partial charge >= 0.3 is 5.97 Å². The molecule has 1 N–H and O–H groups in total. The van der Waals surface area contributed by atoms with Crippen LogP contribution < -0.4 is 0 Å². The van der Waals surface area contributed by atoms with Gasteiger partial charge in [0.15, 0.2) is 0 Å². The van der Waals surface area contributed by atoms with Gasteiger partial charge in [0.1, 0.15) is 11.5 Å². The zero-order valence-electron chi connectivity index (χ0n) is 12.6. The van der Waals surface area contributed by atoms with Crippen molar-refractivity contribution in [3.8, 4) is 0 Å². The first-order valence-electron chi connectivity index (χ1n) is 8.22. The summed E-state index contributed by atoms with van der Waals surface area (Å²) in [5.74, 6) is -2.23. The maximum Gasteiger partial charge on any atom is 0.310 e. The third kappa shape index (κ3) is 2.01. The van der Waals surface area contributed by atoms with Crippen molar-refractivity contribution in [1.29, 1.82) is 0 Å². The average molecular weight is 306 g/mol. The van der Waals surface area contributed by atoms with Gasteiger partial charge in [0.05, 0.1) is 18.6 Å². The third-order valence-electron chi connectivity index (χ3n) is 5.60. The summed E-state index contributed by atoms with van der Waals surface area (Å²) in [6.07, 6.45) is 7.06.